The summed E-state index contributed by atoms with van der Waals surface area (Å²) in [4.78, 5) is 6.30. The quantitative estimate of drug-likeness (QED) is 0.946. The van der Waals surface area contributed by atoms with Gasteiger partial charge in [-0.25, -0.2) is 4.98 Å². The number of rotatable bonds is 3. The summed E-state index contributed by atoms with van der Waals surface area (Å²) in [7, 11) is 0. The molecule has 3 rings (SSSR count). The largest absolute Gasteiger partial charge is 0.439 e. The number of aliphatic hydroxyl groups is 1. The van der Waals surface area contributed by atoms with Gasteiger partial charge in [-0.1, -0.05) is 0 Å². The van der Waals surface area contributed by atoms with Crippen LogP contribution in [0.5, 0.6) is 0 Å². The molecule has 0 unspecified atom stereocenters. The van der Waals surface area contributed by atoms with E-state index in [1.807, 2.05) is 0 Å². The van der Waals surface area contributed by atoms with E-state index in [0.717, 1.165) is 38.1 Å². The number of alkyl halides is 3. The number of hydrogen-bond acceptors (Lipinski definition) is 4. The fraction of sp³-hybridized carbons (Fsp3) is 0.533. The molecule has 1 aliphatic rings. The molecule has 2 aromatic rings. The Hall–Kier alpha value is -1.60. The first-order valence-electron chi connectivity index (χ1n) is 7.25. The van der Waals surface area contributed by atoms with Crippen LogP contribution < -0.4 is 0 Å². The normalized spacial score (nSPS) is 18.2. The first kappa shape index (κ1) is 15.3. The van der Waals surface area contributed by atoms with E-state index in [0.29, 0.717) is 23.9 Å². The van der Waals surface area contributed by atoms with Crippen LogP contribution in [0.2, 0.25) is 0 Å². The third-order valence-electron chi connectivity index (χ3n) is 4.08. The van der Waals surface area contributed by atoms with Crippen molar-refractivity contribution >= 4 is 11.1 Å². The van der Waals surface area contributed by atoms with Crippen molar-refractivity contribution in [2.24, 2.45) is 5.92 Å². The molecule has 4 nitrogen and oxygen atoms in total. The number of nitrogens with zero attached hydrogens (tertiary/aromatic N) is 2. The lowest BCUT2D eigenvalue weighted by atomic mass is 9.98. The highest BCUT2D eigenvalue weighted by Crippen LogP contribution is 2.31. The number of oxazole rings is 1. The summed E-state index contributed by atoms with van der Waals surface area (Å²) in [5, 5.41) is 9.11. The van der Waals surface area contributed by atoms with Crippen LogP contribution in [0.15, 0.2) is 22.6 Å². The van der Waals surface area contributed by atoms with Gasteiger partial charge in [-0.15, -0.1) is 0 Å². The molecule has 0 spiro atoms. The minimum Gasteiger partial charge on any atom is -0.439 e. The SMILES string of the molecule is OCC1CCN(Cc2nc3cc(C(F)(F)F)ccc3o2)CC1. The highest BCUT2D eigenvalue weighted by molar-refractivity contribution is 5.73. The minimum absolute atomic E-state index is 0.205. The highest BCUT2D eigenvalue weighted by Gasteiger charge is 2.31. The topological polar surface area (TPSA) is 49.5 Å². The summed E-state index contributed by atoms with van der Waals surface area (Å²) in [5.74, 6) is 0.769. The molecule has 1 aliphatic heterocycles. The van der Waals surface area contributed by atoms with Crippen LogP contribution in [0.4, 0.5) is 13.2 Å². The van der Waals surface area contributed by atoms with Crippen LogP contribution in [-0.2, 0) is 12.7 Å². The lowest BCUT2D eigenvalue weighted by molar-refractivity contribution is -0.137. The van der Waals surface area contributed by atoms with Crippen molar-refractivity contribution < 1.29 is 22.7 Å². The average molecular weight is 314 g/mol. The van der Waals surface area contributed by atoms with Crippen molar-refractivity contribution in [2.75, 3.05) is 19.7 Å². The summed E-state index contributed by atoms with van der Waals surface area (Å²) < 4.78 is 43.6. The fourth-order valence-corrected chi connectivity index (χ4v) is 2.74. The van der Waals surface area contributed by atoms with Gasteiger partial charge in [0.1, 0.15) is 5.52 Å². The number of benzene rings is 1. The van der Waals surface area contributed by atoms with Gasteiger partial charge in [-0.05, 0) is 50.0 Å². The Morgan fingerprint density at radius 1 is 1.27 bits per heavy atom. The second-order valence-electron chi connectivity index (χ2n) is 5.69. The molecule has 120 valence electrons. The smallest absolute Gasteiger partial charge is 0.416 e. The maximum absolute atomic E-state index is 12.7. The van der Waals surface area contributed by atoms with Gasteiger partial charge in [-0.2, -0.15) is 13.2 Å². The molecule has 0 atom stereocenters. The maximum Gasteiger partial charge on any atom is 0.416 e. The molecule has 0 saturated carbocycles. The summed E-state index contributed by atoms with van der Waals surface area (Å²) >= 11 is 0. The molecule has 1 aromatic heterocycles. The lowest BCUT2D eigenvalue weighted by Crippen LogP contribution is -2.34. The van der Waals surface area contributed by atoms with Gasteiger partial charge in [0.05, 0.1) is 12.1 Å². The van der Waals surface area contributed by atoms with Crippen LogP contribution in [0.1, 0.15) is 24.3 Å². The first-order valence-corrected chi connectivity index (χ1v) is 7.25. The molecule has 22 heavy (non-hydrogen) atoms. The van der Waals surface area contributed by atoms with Crippen molar-refractivity contribution in [2.45, 2.75) is 25.6 Å². The Balaban J connectivity index is 1.73. The molecule has 1 aromatic carbocycles. The van der Waals surface area contributed by atoms with Crippen molar-refractivity contribution in [1.29, 1.82) is 0 Å². The number of fused-ring (bicyclic) bond motifs is 1. The number of piperidine rings is 1. The molecule has 1 N–H and O–H groups in total. The van der Waals surface area contributed by atoms with Gasteiger partial charge in [0.15, 0.2) is 5.58 Å². The van der Waals surface area contributed by atoms with Gasteiger partial charge in [0.25, 0.3) is 0 Å². The standard InChI is InChI=1S/C15H17F3N2O2/c16-15(17,18)11-1-2-13-12(7-11)19-14(22-13)8-20-5-3-10(9-21)4-6-20/h1-2,7,10,21H,3-6,8-9H2. The number of aromatic nitrogens is 1. The second kappa shape index (κ2) is 5.89. The maximum atomic E-state index is 12.7. The van der Waals surface area contributed by atoms with Crippen molar-refractivity contribution in [3.05, 3.63) is 29.7 Å². The molecular weight excluding hydrogens is 297 g/mol. The molecule has 7 heteroatoms. The summed E-state index contributed by atoms with van der Waals surface area (Å²) in [6, 6.07) is 3.33. The van der Waals surface area contributed by atoms with Gasteiger partial charge in [0.2, 0.25) is 5.89 Å². The lowest BCUT2D eigenvalue weighted by Gasteiger charge is -2.29. The van der Waals surface area contributed by atoms with E-state index in [4.69, 9.17) is 9.52 Å². The van der Waals surface area contributed by atoms with Crippen molar-refractivity contribution in [3.63, 3.8) is 0 Å². The third-order valence-corrected chi connectivity index (χ3v) is 4.08. The Morgan fingerprint density at radius 3 is 2.64 bits per heavy atom. The van der Waals surface area contributed by atoms with Gasteiger partial charge < -0.3 is 9.52 Å². The van der Waals surface area contributed by atoms with Crippen molar-refractivity contribution in [1.82, 2.24) is 9.88 Å². The molecule has 1 fully saturated rings. The average Bonchev–Trinajstić information content (AvgIpc) is 2.88. The summed E-state index contributed by atoms with van der Waals surface area (Å²) in [5.41, 5.74) is -0.119. The van der Waals surface area contributed by atoms with E-state index in [-0.39, 0.29) is 12.1 Å². The van der Waals surface area contributed by atoms with Crippen molar-refractivity contribution in [3.8, 4) is 0 Å². The molecule has 0 amide bonds. The molecule has 0 radical (unpaired) electrons. The second-order valence-corrected chi connectivity index (χ2v) is 5.69. The summed E-state index contributed by atoms with van der Waals surface area (Å²) in [6.07, 6.45) is -2.55. The van der Waals surface area contributed by atoms with E-state index in [2.05, 4.69) is 9.88 Å². The minimum atomic E-state index is -4.38. The number of aliphatic hydroxyl groups excluding tert-OH is 1. The van der Waals surface area contributed by atoms with E-state index in [1.54, 1.807) is 0 Å². The molecule has 2 heterocycles. The van der Waals surface area contributed by atoms with E-state index in [1.165, 1.54) is 6.07 Å². The zero-order valence-electron chi connectivity index (χ0n) is 11.9. The number of hydrogen-bond donors (Lipinski definition) is 1. The highest BCUT2D eigenvalue weighted by atomic mass is 19.4. The van der Waals surface area contributed by atoms with E-state index in [9.17, 15) is 13.2 Å². The van der Waals surface area contributed by atoms with Crippen LogP contribution in [0, 0.1) is 5.92 Å². The van der Waals surface area contributed by atoms with Crippen LogP contribution >= 0.6 is 0 Å². The molecule has 0 bridgehead atoms. The third kappa shape index (κ3) is 3.25. The van der Waals surface area contributed by atoms with Crippen LogP contribution in [-0.4, -0.2) is 34.7 Å². The van der Waals surface area contributed by atoms with Gasteiger partial charge >= 0.3 is 6.18 Å². The Labute approximate surface area is 125 Å². The fourth-order valence-electron chi connectivity index (χ4n) is 2.74. The van der Waals surface area contributed by atoms with Crippen LogP contribution in [0.25, 0.3) is 11.1 Å². The Bertz CT molecular complexity index is 646. The first-order chi connectivity index (χ1) is 10.5. The predicted octanol–water partition coefficient (Wildman–Crippen LogP) is 3.05. The Kier molecular flexibility index (Phi) is 4.10. The zero-order valence-corrected chi connectivity index (χ0v) is 11.9. The van der Waals surface area contributed by atoms with Crippen LogP contribution in [0.3, 0.4) is 0 Å². The van der Waals surface area contributed by atoms with E-state index < -0.39 is 11.7 Å². The van der Waals surface area contributed by atoms with Gasteiger partial charge in [-0.3, -0.25) is 4.90 Å². The number of halogens is 3. The Morgan fingerprint density at radius 2 is 2.00 bits per heavy atom. The molecular formula is C15H17F3N2O2. The van der Waals surface area contributed by atoms with E-state index >= 15 is 0 Å². The molecule has 0 aliphatic carbocycles. The number of likely N-dealkylation sites (tertiary alicyclic amines) is 1. The monoisotopic (exact) mass is 314 g/mol. The predicted molar refractivity (Wildman–Crippen MR) is 74.1 cm³/mol. The zero-order chi connectivity index (χ0) is 15.7. The molecule has 1 saturated heterocycles. The summed E-state index contributed by atoms with van der Waals surface area (Å²) in [6.45, 7) is 2.35. The van der Waals surface area contributed by atoms with Gasteiger partial charge in [0, 0.05) is 6.61 Å².